The lowest BCUT2D eigenvalue weighted by Gasteiger charge is -2.51. The van der Waals surface area contributed by atoms with Gasteiger partial charge in [-0.2, -0.15) is 0 Å². The lowest BCUT2D eigenvalue weighted by molar-refractivity contribution is -0.0359. The van der Waals surface area contributed by atoms with E-state index in [1.165, 1.54) is 25.8 Å². The molecule has 1 aliphatic carbocycles. The Hall–Kier alpha value is -1.40. The molecule has 1 aromatic heterocycles. The minimum atomic E-state index is -0.0641. The van der Waals surface area contributed by atoms with Crippen molar-refractivity contribution >= 4 is 5.91 Å². The molecule has 4 rings (SSSR count). The summed E-state index contributed by atoms with van der Waals surface area (Å²) in [6, 6.07) is 0. The highest BCUT2D eigenvalue weighted by Gasteiger charge is 2.46. The Kier molecular flexibility index (Phi) is 4.58. The van der Waals surface area contributed by atoms with Crippen LogP contribution in [0.4, 0.5) is 0 Å². The number of nitrogens with zero attached hydrogens (tertiary/aromatic N) is 3. The number of amides is 1. The maximum Gasteiger partial charge on any atom is 0.276 e. The molecule has 0 radical (unpaired) electrons. The first-order valence-corrected chi connectivity index (χ1v) is 9.64. The molecule has 3 heterocycles. The summed E-state index contributed by atoms with van der Waals surface area (Å²) in [5.74, 6) is 1.61. The van der Waals surface area contributed by atoms with Gasteiger partial charge < -0.3 is 19.3 Å². The van der Waals surface area contributed by atoms with E-state index in [2.05, 4.69) is 9.88 Å². The van der Waals surface area contributed by atoms with Crippen LogP contribution in [0, 0.1) is 24.2 Å². The number of carbonyl (C=O) groups is 1. The molecule has 6 nitrogen and oxygen atoms in total. The van der Waals surface area contributed by atoms with Gasteiger partial charge in [0.1, 0.15) is 5.76 Å². The van der Waals surface area contributed by atoms with Crippen LogP contribution in [0.1, 0.15) is 48.4 Å². The molecule has 138 valence electrons. The molecule has 0 aromatic carbocycles. The monoisotopic (exact) mass is 347 g/mol. The molecule has 1 N–H and O–H groups in total. The molecule has 1 atom stereocenters. The van der Waals surface area contributed by atoms with Gasteiger partial charge in [-0.15, -0.1) is 0 Å². The van der Waals surface area contributed by atoms with Crippen molar-refractivity contribution in [3.8, 4) is 0 Å². The van der Waals surface area contributed by atoms with Crippen LogP contribution in [-0.4, -0.2) is 65.1 Å². The molecule has 6 heteroatoms. The van der Waals surface area contributed by atoms with Crippen molar-refractivity contribution in [3.63, 3.8) is 0 Å². The summed E-state index contributed by atoms with van der Waals surface area (Å²) < 4.78 is 5.17. The van der Waals surface area contributed by atoms with Gasteiger partial charge in [0, 0.05) is 32.2 Å². The minimum absolute atomic E-state index is 0.0641. The maximum absolute atomic E-state index is 12.7. The summed E-state index contributed by atoms with van der Waals surface area (Å²) in [5, 5.41) is 10.0. The van der Waals surface area contributed by atoms with Crippen LogP contribution in [-0.2, 0) is 0 Å². The molecule has 3 aliphatic rings. The molecular formula is C19H29N3O3. The van der Waals surface area contributed by atoms with E-state index in [4.69, 9.17) is 4.42 Å². The molecule has 0 unspecified atom stereocenters. The van der Waals surface area contributed by atoms with Gasteiger partial charge in [-0.25, -0.2) is 4.98 Å². The summed E-state index contributed by atoms with van der Waals surface area (Å²) in [4.78, 5) is 21.2. The number of rotatable bonds is 4. The van der Waals surface area contributed by atoms with Gasteiger partial charge in [-0.05, 0) is 63.5 Å². The molecular weight excluding hydrogens is 318 g/mol. The van der Waals surface area contributed by atoms with Crippen LogP contribution < -0.4 is 0 Å². The summed E-state index contributed by atoms with van der Waals surface area (Å²) in [6.07, 6.45) is 7.41. The average molecular weight is 347 g/mol. The molecule has 1 aromatic rings. The predicted octanol–water partition coefficient (Wildman–Crippen LogP) is 1.93. The van der Waals surface area contributed by atoms with E-state index in [-0.39, 0.29) is 23.8 Å². The zero-order valence-corrected chi connectivity index (χ0v) is 15.1. The van der Waals surface area contributed by atoms with Crippen LogP contribution in [0.3, 0.4) is 0 Å². The van der Waals surface area contributed by atoms with Crippen molar-refractivity contribution in [3.05, 3.63) is 17.8 Å². The van der Waals surface area contributed by atoms with E-state index in [1.807, 2.05) is 4.90 Å². The van der Waals surface area contributed by atoms with Gasteiger partial charge in [0.25, 0.3) is 5.91 Å². The third-order valence-electron chi connectivity index (χ3n) is 6.71. The van der Waals surface area contributed by atoms with E-state index < -0.39 is 0 Å². The second kappa shape index (κ2) is 6.72. The Balaban J connectivity index is 1.40. The van der Waals surface area contributed by atoms with Gasteiger partial charge in [0.2, 0.25) is 0 Å². The smallest absolute Gasteiger partial charge is 0.276 e. The molecule has 0 bridgehead atoms. The lowest BCUT2D eigenvalue weighted by atomic mass is 9.64. The van der Waals surface area contributed by atoms with Gasteiger partial charge in [0.15, 0.2) is 12.1 Å². The predicted molar refractivity (Wildman–Crippen MR) is 93.2 cm³/mol. The van der Waals surface area contributed by atoms with Crippen molar-refractivity contribution in [1.29, 1.82) is 0 Å². The van der Waals surface area contributed by atoms with E-state index in [1.54, 1.807) is 6.92 Å². The molecule has 2 saturated heterocycles. The van der Waals surface area contributed by atoms with E-state index in [0.717, 1.165) is 44.8 Å². The SMILES string of the molecule is Cc1ocnc1C(=O)N1CCC2(CCN(CC3CC3)CC2)[C@H](CO)C1. The normalized spacial score (nSPS) is 27.0. The van der Waals surface area contributed by atoms with E-state index in [0.29, 0.717) is 18.0 Å². The number of aromatic nitrogens is 1. The van der Waals surface area contributed by atoms with Gasteiger partial charge in [0.05, 0.1) is 0 Å². The van der Waals surface area contributed by atoms with Gasteiger partial charge >= 0.3 is 0 Å². The number of hydrogen-bond donors (Lipinski definition) is 1. The number of aliphatic hydroxyl groups is 1. The zero-order chi connectivity index (χ0) is 17.4. The topological polar surface area (TPSA) is 69.8 Å². The number of aliphatic hydroxyl groups excluding tert-OH is 1. The molecule has 3 fully saturated rings. The zero-order valence-electron chi connectivity index (χ0n) is 15.1. The van der Waals surface area contributed by atoms with Crippen molar-refractivity contribution in [2.45, 2.75) is 39.0 Å². The Labute approximate surface area is 149 Å². The quantitative estimate of drug-likeness (QED) is 0.901. The first-order valence-electron chi connectivity index (χ1n) is 9.64. The second-order valence-electron chi connectivity index (χ2n) is 8.24. The van der Waals surface area contributed by atoms with E-state index in [9.17, 15) is 9.90 Å². The van der Waals surface area contributed by atoms with Crippen LogP contribution in [0.15, 0.2) is 10.8 Å². The fraction of sp³-hybridized carbons (Fsp3) is 0.789. The highest BCUT2D eigenvalue weighted by molar-refractivity contribution is 5.93. The molecule has 1 saturated carbocycles. The van der Waals surface area contributed by atoms with Crippen LogP contribution >= 0.6 is 0 Å². The van der Waals surface area contributed by atoms with Crippen LogP contribution in [0.2, 0.25) is 0 Å². The fourth-order valence-electron chi connectivity index (χ4n) is 4.71. The number of oxazole rings is 1. The lowest BCUT2D eigenvalue weighted by Crippen LogP contribution is -2.54. The number of piperidine rings is 2. The molecule has 1 spiro atoms. The van der Waals surface area contributed by atoms with Gasteiger partial charge in [-0.1, -0.05) is 0 Å². The number of aryl methyl sites for hydroxylation is 1. The largest absolute Gasteiger partial charge is 0.448 e. The van der Waals surface area contributed by atoms with Crippen molar-refractivity contribution in [2.75, 3.05) is 39.3 Å². The third kappa shape index (κ3) is 3.34. The Morgan fingerprint density at radius 2 is 2.04 bits per heavy atom. The number of carbonyl (C=O) groups excluding carboxylic acids is 1. The molecule has 2 aliphatic heterocycles. The average Bonchev–Trinajstić information content (AvgIpc) is 3.35. The molecule has 1 amide bonds. The first-order chi connectivity index (χ1) is 12.1. The Morgan fingerprint density at radius 3 is 2.64 bits per heavy atom. The van der Waals surface area contributed by atoms with Crippen molar-refractivity contribution in [2.24, 2.45) is 17.3 Å². The van der Waals surface area contributed by atoms with Crippen molar-refractivity contribution in [1.82, 2.24) is 14.8 Å². The first kappa shape index (κ1) is 17.0. The standard InChI is InChI=1S/C19H29N3O3/c1-14-17(20-13-25-14)18(24)22-9-6-19(16(11-22)12-23)4-7-21(8-5-19)10-15-2-3-15/h13,15-16,23H,2-12H2,1H3/t16-/m0/s1. The Bertz CT molecular complexity index is 617. The summed E-state index contributed by atoms with van der Waals surface area (Å²) in [6.45, 7) is 6.85. The van der Waals surface area contributed by atoms with E-state index >= 15 is 0 Å². The summed E-state index contributed by atoms with van der Waals surface area (Å²) in [5.41, 5.74) is 0.608. The van der Waals surface area contributed by atoms with Gasteiger partial charge in [-0.3, -0.25) is 4.79 Å². The van der Waals surface area contributed by atoms with Crippen LogP contribution in [0.25, 0.3) is 0 Å². The second-order valence-corrected chi connectivity index (χ2v) is 8.24. The summed E-state index contributed by atoms with van der Waals surface area (Å²) in [7, 11) is 0. The Morgan fingerprint density at radius 1 is 1.32 bits per heavy atom. The van der Waals surface area contributed by atoms with Crippen LogP contribution in [0.5, 0.6) is 0 Å². The minimum Gasteiger partial charge on any atom is -0.448 e. The third-order valence-corrected chi connectivity index (χ3v) is 6.71. The number of hydrogen-bond acceptors (Lipinski definition) is 5. The summed E-state index contributed by atoms with van der Waals surface area (Å²) >= 11 is 0. The van der Waals surface area contributed by atoms with Crippen molar-refractivity contribution < 1.29 is 14.3 Å². The fourth-order valence-corrected chi connectivity index (χ4v) is 4.71. The highest BCUT2D eigenvalue weighted by atomic mass is 16.3. The highest BCUT2D eigenvalue weighted by Crippen LogP contribution is 2.46. The maximum atomic E-state index is 12.7. The molecule has 25 heavy (non-hydrogen) atoms. The number of likely N-dealkylation sites (tertiary alicyclic amines) is 2.